The third-order valence-corrected chi connectivity index (χ3v) is 4.89. The van der Waals surface area contributed by atoms with Gasteiger partial charge in [-0.3, -0.25) is 4.79 Å². The molecular weight excluding hydrogens is 326 g/mol. The number of aryl methyl sites for hydroxylation is 3. The summed E-state index contributed by atoms with van der Waals surface area (Å²) in [7, 11) is 0. The summed E-state index contributed by atoms with van der Waals surface area (Å²) in [4.78, 5) is 19.0. The predicted molar refractivity (Wildman–Crippen MR) is 100 cm³/mol. The van der Waals surface area contributed by atoms with Crippen molar-refractivity contribution in [2.75, 3.05) is 11.4 Å². The zero-order valence-electron chi connectivity index (χ0n) is 15.2. The Morgan fingerprint density at radius 3 is 2.54 bits per heavy atom. The van der Waals surface area contributed by atoms with Crippen LogP contribution in [0, 0.1) is 20.8 Å². The Morgan fingerprint density at radius 2 is 1.77 bits per heavy atom. The van der Waals surface area contributed by atoms with Crippen LogP contribution in [0.4, 0.5) is 5.69 Å². The molecule has 0 bridgehead atoms. The average Bonchev–Trinajstić information content (AvgIpc) is 3.25. The van der Waals surface area contributed by atoms with Gasteiger partial charge in [-0.1, -0.05) is 35.0 Å². The van der Waals surface area contributed by atoms with Crippen LogP contribution in [0.1, 0.15) is 34.9 Å². The van der Waals surface area contributed by atoms with Gasteiger partial charge in [0, 0.05) is 30.1 Å². The number of anilines is 1. The number of carbonyl (C=O) groups is 1. The summed E-state index contributed by atoms with van der Waals surface area (Å²) in [5, 5.41) is 4.13. The van der Waals surface area contributed by atoms with Crippen LogP contribution in [-0.2, 0) is 4.79 Å². The lowest BCUT2D eigenvalue weighted by Gasteiger charge is -2.19. The van der Waals surface area contributed by atoms with Gasteiger partial charge in [0.25, 0.3) is 5.89 Å². The van der Waals surface area contributed by atoms with Crippen LogP contribution in [0.2, 0.25) is 0 Å². The maximum Gasteiger partial charge on any atom is 0.257 e. The lowest BCUT2D eigenvalue weighted by molar-refractivity contribution is -0.117. The molecule has 3 aromatic rings. The lowest BCUT2D eigenvalue weighted by Crippen LogP contribution is -2.25. The first-order valence-corrected chi connectivity index (χ1v) is 8.79. The number of amides is 1. The summed E-state index contributed by atoms with van der Waals surface area (Å²) in [5.74, 6) is 1.15. The monoisotopic (exact) mass is 347 g/mol. The summed E-state index contributed by atoms with van der Waals surface area (Å²) >= 11 is 0. The zero-order chi connectivity index (χ0) is 18.3. The fourth-order valence-electron chi connectivity index (χ4n) is 3.34. The molecule has 0 saturated carbocycles. The second kappa shape index (κ2) is 6.41. The predicted octanol–water partition coefficient (Wildman–Crippen LogP) is 4.18. The minimum Gasteiger partial charge on any atom is -0.334 e. The summed E-state index contributed by atoms with van der Waals surface area (Å²) in [6.07, 6.45) is 0.403. The van der Waals surface area contributed by atoms with E-state index in [1.807, 2.05) is 49.9 Å². The molecule has 1 aliphatic heterocycles. The second-order valence-corrected chi connectivity index (χ2v) is 7.02. The molecule has 2 aromatic carbocycles. The Bertz CT molecular complexity index is 960. The summed E-state index contributed by atoms with van der Waals surface area (Å²) in [6, 6.07) is 14.1. The number of hydrogen-bond acceptors (Lipinski definition) is 4. The van der Waals surface area contributed by atoms with Crippen molar-refractivity contribution in [1.82, 2.24) is 10.1 Å². The summed E-state index contributed by atoms with van der Waals surface area (Å²) < 4.78 is 5.43. The van der Waals surface area contributed by atoms with E-state index in [2.05, 4.69) is 28.3 Å². The largest absolute Gasteiger partial charge is 0.334 e. The second-order valence-electron chi connectivity index (χ2n) is 7.02. The summed E-state index contributed by atoms with van der Waals surface area (Å²) in [6.45, 7) is 6.68. The summed E-state index contributed by atoms with van der Waals surface area (Å²) in [5.41, 5.74) is 5.28. The molecule has 26 heavy (non-hydrogen) atoms. The maximum atomic E-state index is 12.6. The molecule has 0 spiro atoms. The number of hydrogen-bond donors (Lipinski definition) is 0. The maximum absolute atomic E-state index is 12.6. The first-order valence-electron chi connectivity index (χ1n) is 8.79. The fraction of sp³-hybridized carbons (Fsp3) is 0.286. The van der Waals surface area contributed by atoms with E-state index >= 15 is 0 Å². The van der Waals surface area contributed by atoms with Crippen molar-refractivity contribution in [1.29, 1.82) is 0 Å². The Hall–Kier alpha value is -2.95. The van der Waals surface area contributed by atoms with Crippen LogP contribution in [0.3, 0.4) is 0 Å². The topological polar surface area (TPSA) is 59.2 Å². The van der Waals surface area contributed by atoms with Crippen molar-refractivity contribution in [3.63, 3.8) is 0 Å². The van der Waals surface area contributed by atoms with Crippen molar-refractivity contribution >= 4 is 11.6 Å². The van der Waals surface area contributed by atoms with Gasteiger partial charge in [0.2, 0.25) is 5.91 Å². The van der Waals surface area contributed by atoms with E-state index in [4.69, 9.17) is 4.52 Å². The van der Waals surface area contributed by atoms with Gasteiger partial charge in [0.1, 0.15) is 0 Å². The van der Waals surface area contributed by atoms with Crippen molar-refractivity contribution < 1.29 is 9.32 Å². The van der Waals surface area contributed by atoms with E-state index in [0.29, 0.717) is 24.7 Å². The molecule has 1 fully saturated rings. The van der Waals surface area contributed by atoms with Gasteiger partial charge in [-0.15, -0.1) is 0 Å². The van der Waals surface area contributed by atoms with E-state index in [0.717, 1.165) is 22.4 Å². The van der Waals surface area contributed by atoms with Crippen molar-refractivity contribution in [2.45, 2.75) is 33.1 Å². The molecule has 1 aromatic heterocycles. The van der Waals surface area contributed by atoms with Gasteiger partial charge >= 0.3 is 0 Å². The van der Waals surface area contributed by atoms with Crippen molar-refractivity contribution in [2.24, 2.45) is 0 Å². The fourth-order valence-corrected chi connectivity index (χ4v) is 3.34. The lowest BCUT2D eigenvalue weighted by atomic mass is 10.1. The number of benzene rings is 2. The molecule has 2 heterocycles. The van der Waals surface area contributed by atoms with Gasteiger partial charge < -0.3 is 9.42 Å². The van der Waals surface area contributed by atoms with E-state index in [1.165, 1.54) is 5.56 Å². The third kappa shape index (κ3) is 3.01. The Kier molecular flexibility index (Phi) is 4.07. The van der Waals surface area contributed by atoms with Gasteiger partial charge in [0.05, 0.1) is 0 Å². The average molecular weight is 347 g/mol. The van der Waals surface area contributed by atoms with Crippen LogP contribution in [-0.4, -0.2) is 22.6 Å². The number of aromatic nitrogens is 2. The van der Waals surface area contributed by atoms with Gasteiger partial charge in [-0.05, 0) is 50.1 Å². The third-order valence-electron chi connectivity index (χ3n) is 4.89. The van der Waals surface area contributed by atoms with Gasteiger partial charge in [0.15, 0.2) is 5.82 Å². The van der Waals surface area contributed by atoms with Gasteiger partial charge in [-0.2, -0.15) is 4.98 Å². The molecule has 132 valence electrons. The highest BCUT2D eigenvalue weighted by Gasteiger charge is 2.35. The Balaban J connectivity index is 1.58. The van der Waals surface area contributed by atoms with Crippen LogP contribution >= 0.6 is 0 Å². The van der Waals surface area contributed by atoms with Crippen LogP contribution < -0.4 is 4.90 Å². The van der Waals surface area contributed by atoms with Crippen LogP contribution in [0.15, 0.2) is 47.0 Å². The van der Waals surface area contributed by atoms with Crippen LogP contribution in [0.25, 0.3) is 11.5 Å². The number of rotatable bonds is 3. The SMILES string of the molecule is Cc1ccc(-c2nc(C3CC(=O)N(c4cc(C)ccc4C)C3)no2)cc1. The molecule has 1 unspecified atom stereocenters. The smallest absolute Gasteiger partial charge is 0.257 e. The molecule has 4 rings (SSSR count). The van der Waals surface area contributed by atoms with Crippen LogP contribution in [0.5, 0.6) is 0 Å². The standard InChI is InChI=1S/C21H21N3O2/c1-13-5-8-16(9-6-13)21-22-20(23-26-21)17-11-19(25)24(12-17)18-10-14(2)4-7-15(18)3/h4-10,17H,11-12H2,1-3H3. The van der Waals surface area contributed by atoms with Crippen molar-refractivity contribution in [3.05, 3.63) is 65.0 Å². The first-order chi connectivity index (χ1) is 12.5. The van der Waals surface area contributed by atoms with E-state index in [1.54, 1.807) is 0 Å². The highest BCUT2D eigenvalue weighted by Crippen LogP contribution is 2.33. The minimum absolute atomic E-state index is 0.0506. The molecule has 5 nitrogen and oxygen atoms in total. The number of nitrogens with zero attached hydrogens (tertiary/aromatic N) is 3. The molecule has 5 heteroatoms. The Morgan fingerprint density at radius 1 is 1.04 bits per heavy atom. The van der Waals surface area contributed by atoms with E-state index in [9.17, 15) is 4.79 Å². The molecule has 1 atom stereocenters. The molecule has 0 N–H and O–H groups in total. The first kappa shape index (κ1) is 16.5. The Labute approximate surface area is 152 Å². The van der Waals surface area contributed by atoms with E-state index in [-0.39, 0.29) is 11.8 Å². The molecule has 0 radical (unpaired) electrons. The number of carbonyl (C=O) groups excluding carboxylic acids is 1. The molecule has 1 aliphatic rings. The molecule has 1 amide bonds. The van der Waals surface area contributed by atoms with E-state index < -0.39 is 0 Å². The minimum atomic E-state index is -0.0506. The zero-order valence-corrected chi connectivity index (χ0v) is 15.2. The molecule has 0 aliphatic carbocycles. The molecular formula is C21H21N3O2. The highest BCUT2D eigenvalue weighted by atomic mass is 16.5. The highest BCUT2D eigenvalue weighted by molar-refractivity contribution is 5.97. The van der Waals surface area contributed by atoms with Gasteiger partial charge in [-0.25, -0.2) is 0 Å². The normalized spacial score (nSPS) is 17.1. The van der Waals surface area contributed by atoms with Crippen molar-refractivity contribution in [3.8, 4) is 11.5 Å². The molecule has 1 saturated heterocycles. The quantitative estimate of drug-likeness (QED) is 0.713.